The summed E-state index contributed by atoms with van der Waals surface area (Å²) in [6, 6.07) is 9.96. The molecule has 1 atom stereocenters. The maximum atomic E-state index is 13.3. The van der Waals surface area contributed by atoms with Crippen molar-refractivity contribution in [3.8, 4) is 11.1 Å². The fourth-order valence-electron chi connectivity index (χ4n) is 1.94. The van der Waals surface area contributed by atoms with Crippen LogP contribution in [0.2, 0.25) is 0 Å². The third kappa shape index (κ3) is 2.56. The number of aromatic nitrogens is 1. The molecule has 0 fully saturated rings. The minimum absolute atomic E-state index is 0.274. The van der Waals surface area contributed by atoms with E-state index in [1.54, 1.807) is 0 Å². The number of aromatic amines is 1. The van der Waals surface area contributed by atoms with Gasteiger partial charge < -0.3 is 9.72 Å². The first-order chi connectivity index (χ1) is 8.22. The minimum Gasteiger partial charge on any atom is -0.364 e. The summed E-state index contributed by atoms with van der Waals surface area (Å²) in [5.41, 5.74) is 4.10. The first-order valence-electron chi connectivity index (χ1n) is 5.61. The molecule has 0 saturated carbocycles. The lowest BCUT2D eigenvalue weighted by Gasteiger charge is -2.08. The molecule has 2 nitrogen and oxygen atoms in total. The van der Waals surface area contributed by atoms with Gasteiger partial charge in [-0.3, -0.25) is 0 Å². The standard InChI is InChI=1S/C14H16FNO/c1-10-12(8-14(15)17-2)13(9-16-10)11-6-4-3-5-7-11/h3-7,9,14,16H,8H2,1-2H3. The second-order valence-corrected chi connectivity index (χ2v) is 4.02. The van der Waals surface area contributed by atoms with Crippen LogP contribution >= 0.6 is 0 Å². The van der Waals surface area contributed by atoms with Gasteiger partial charge in [0.1, 0.15) is 0 Å². The Labute approximate surface area is 100 Å². The molecule has 1 N–H and O–H groups in total. The van der Waals surface area contributed by atoms with Crippen LogP contribution in [0.15, 0.2) is 36.5 Å². The topological polar surface area (TPSA) is 25.0 Å². The molecule has 0 aliphatic rings. The van der Waals surface area contributed by atoms with Crippen molar-refractivity contribution in [3.05, 3.63) is 47.8 Å². The molecule has 1 aromatic carbocycles. The Morgan fingerprint density at radius 1 is 1.29 bits per heavy atom. The number of ether oxygens (including phenoxy) is 1. The summed E-state index contributed by atoms with van der Waals surface area (Å²) in [6.07, 6.45) is 0.935. The van der Waals surface area contributed by atoms with Crippen molar-refractivity contribution >= 4 is 0 Å². The van der Waals surface area contributed by atoms with Gasteiger partial charge in [0.15, 0.2) is 0 Å². The monoisotopic (exact) mass is 233 g/mol. The Balaban J connectivity index is 2.36. The highest BCUT2D eigenvalue weighted by Gasteiger charge is 2.14. The number of methoxy groups -OCH3 is 1. The maximum absolute atomic E-state index is 13.3. The molecule has 2 rings (SSSR count). The van der Waals surface area contributed by atoms with Crippen LogP contribution < -0.4 is 0 Å². The number of rotatable bonds is 4. The molecule has 0 bridgehead atoms. The molecule has 0 aliphatic heterocycles. The summed E-state index contributed by atoms with van der Waals surface area (Å²) < 4.78 is 18.0. The van der Waals surface area contributed by atoms with Crippen LogP contribution in [0.5, 0.6) is 0 Å². The number of halogens is 1. The van der Waals surface area contributed by atoms with E-state index in [4.69, 9.17) is 0 Å². The molecule has 1 unspecified atom stereocenters. The van der Waals surface area contributed by atoms with Crippen LogP contribution in [-0.2, 0) is 11.2 Å². The SMILES string of the molecule is COC(F)Cc1c(-c2ccccc2)c[nH]c1C. The number of hydrogen-bond donors (Lipinski definition) is 1. The van der Waals surface area contributed by atoms with Crippen molar-refractivity contribution in [2.75, 3.05) is 7.11 Å². The highest BCUT2D eigenvalue weighted by Crippen LogP contribution is 2.27. The van der Waals surface area contributed by atoms with Gasteiger partial charge in [-0.1, -0.05) is 30.3 Å². The van der Waals surface area contributed by atoms with Gasteiger partial charge in [-0.05, 0) is 18.1 Å². The van der Waals surface area contributed by atoms with E-state index in [1.165, 1.54) is 7.11 Å². The average Bonchev–Trinajstić information content (AvgIpc) is 2.72. The second-order valence-electron chi connectivity index (χ2n) is 4.02. The number of aryl methyl sites for hydroxylation is 1. The number of hydrogen-bond acceptors (Lipinski definition) is 1. The average molecular weight is 233 g/mol. The van der Waals surface area contributed by atoms with Gasteiger partial charge in [0.25, 0.3) is 0 Å². The molecule has 17 heavy (non-hydrogen) atoms. The molecule has 2 aromatic rings. The van der Waals surface area contributed by atoms with Gasteiger partial charge in [-0.2, -0.15) is 0 Å². The van der Waals surface area contributed by atoms with E-state index >= 15 is 0 Å². The molecule has 90 valence electrons. The van der Waals surface area contributed by atoms with E-state index < -0.39 is 6.36 Å². The lowest BCUT2D eigenvalue weighted by atomic mass is 10.0. The number of benzene rings is 1. The normalized spacial score (nSPS) is 12.6. The zero-order valence-corrected chi connectivity index (χ0v) is 10.0. The highest BCUT2D eigenvalue weighted by atomic mass is 19.1. The summed E-state index contributed by atoms with van der Waals surface area (Å²) in [6.45, 7) is 1.95. The molecule has 1 heterocycles. The third-order valence-corrected chi connectivity index (χ3v) is 2.92. The molecule has 0 spiro atoms. The van der Waals surface area contributed by atoms with E-state index in [9.17, 15) is 4.39 Å². The Morgan fingerprint density at radius 3 is 2.65 bits per heavy atom. The number of nitrogens with one attached hydrogen (secondary N) is 1. The lowest BCUT2D eigenvalue weighted by Crippen LogP contribution is -2.07. The predicted molar refractivity (Wildman–Crippen MR) is 66.6 cm³/mol. The zero-order valence-electron chi connectivity index (χ0n) is 10.0. The molecule has 0 amide bonds. The van der Waals surface area contributed by atoms with Gasteiger partial charge >= 0.3 is 0 Å². The molecule has 0 aliphatic carbocycles. The van der Waals surface area contributed by atoms with Crippen LogP contribution in [0.3, 0.4) is 0 Å². The van der Waals surface area contributed by atoms with Gasteiger partial charge in [-0.25, -0.2) is 4.39 Å². The Kier molecular flexibility index (Phi) is 3.59. The minimum atomic E-state index is -1.26. The lowest BCUT2D eigenvalue weighted by molar-refractivity contribution is -0.00359. The Morgan fingerprint density at radius 2 is 2.00 bits per heavy atom. The van der Waals surface area contributed by atoms with Crippen LogP contribution in [0.1, 0.15) is 11.3 Å². The smallest absolute Gasteiger partial charge is 0.202 e. The summed E-state index contributed by atoms with van der Waals surface area (Å²) in [5, 5.41) is 0. The van der Waals surface area contributed by atoms with Gasteiger partial charge in [0.2, 0.25) is 6.36 Å². The molecular weight excluding hydrogens is 217 g/mol. The van der Waals surface area contributed by atoms with Crippen LogP contribution in [0.4, 0.5) is 4.39 Å². The van der Waals surface area contributed by atoms with Gasteiger partial charge in [-0.15, -0.1) is 0 Å². The molecular formula is C14H16FNO. The predicted octanol–water partition coefficient (Wildman–Crippen LogP) is 3.47. The van der Waals surface area contributed by atoms with Crippen molar-refractivity contribution < 1.29 is 9.13 Å². The van der Waals surface area contributed by atoms with E-state index in [0.717, 1.165) is 22.4 Å². The van der Waals surface area contributed by atoms with Gasteiger partial charge in [0, 0.05) is 31.0 Å². The van der Waals surface area contributed by atoms with Crippen LogP contribution in [0, 0.1) is 6.92 Å². The van der Waals surface area contributed by atoms with Crippen molar-refractivity contribution in [3.63, 3.8) is 0 Å². The fourth-order valence-corrected chi connectivity index (χ4v) is 1.94. The van der Waals surface area contributed by atoms with Gasteiger partial charge in [0.05, 0.1) is 0 Å². The number of H-pyrrole nitrogens is 1. The summed E-state index contributed by atoms with van der Waals surface area (Å²) in [4.78, 5) is 3.14. The highest BCUT2D eigenvalue weighted by molar-refractivity contribution is 5.68. The Bertz CT molecular complexity index is 478. The molecule has 0 saturated heterocycles. The van der Waals surface area contributed by atoms with E-state index in [0.29, 0.717) is 0 Å². The van der Waals surface area contributed by atoms with Crippen molar-refractivity contribution in [1.29, 1.82) is 0 Å². The summed E-state index contributed by atoms with van der Waals surface area (Å²) >= 11 is 0. The molecule has 3 heteroatoms. The third-order valence-electron chi connectivity index (χ3n) is 2.92. The summed E-state index contributed by atoms with van der Waals surface area (Å²) in [5.74, 6) is 0. The van der Waals surface area contributed by atoms with Crippen LogP contribution in [0.25, 0.3) is 11.1 Å². The van der Waals surface area contributed by atoms with Crippen LogP contribution in [-0.4, -0.2) is 18.5 Å². The fraction of sp³-hybridized carbons (Fsp3) is 0.286. The Hall–Kier alpha value is -1.61. The van der Waals surface area contributed by atoms with Crippen molar-refractivity contribution in [2.24, 2.45) is 0 Å². The van der Waals surface area contributed by atoms with Crippen molar-refractivity contribution in [1.82, 2.24) is 4.98 Å². The zero-order chi connectivity index (χ0) is 12.3. The van der Waals surface area contributed by atoms with E-state index in [-0.39, 0.29) is 6.42 Å². The quantitative estimate of drug-likeness (QED) is 0.859. The largest absolute Gasteiger partial charge is 0.364 e. The van der Waals surface area contributed by atoms with E-state index in [1.807, 2.05) is 43.5 Å². The first kappa shape index (κ1) is 11.9. The molecule has 0 radical (unpaired) electrons. The first-order valence-corrected chi connectivity index (χ1v) is 5.61. The molecule has 1 aromatic heterocycles. The summed E-state index contributed by atoms with van der Waals surface area (Å²) in [7, 11) is 1.38. The maximum Gasteiger partial charge on any atom is 0.202 e. The number of alkyl halides is 1. The second kappa shape index (κ2) is 5.15. The van der Waals surface area contributed by atoms with E-state index in [2.05, 4.69) is 9.72 Å². The van der Waals surface area contributed by atoms with Crippen molar-refractivity contribution in [2.45, 2.75) is 19.7 Å².